The number of carboxylic acid groups (broad SMARTS) is 1. The first-order valence-electron chi connectivity index (χ1n) is 8.48. The van der Waals surface area contributed by atoms with E-state index >= 15 is 0 Å². The van der Waals surface area contributed by atoms with Crippen LogP contribution in [0.25, 0.3) is 11.1 Å². The molecule has 3 nitrogen and oxygen atoms in total. The second-order valence-electron chi connectivity index (χ2n) is 6.13. The fraction of sp³-hybridized carbons (Fsp3) is 0.136. The molecule has 28 heavy (non-hydrogen) atoms. The number of hydrogen-bond acceptors (Lipinski definition) is 2. The van der Waals surface area contributed by atoms with Gasteiger partial charge in [-0.1, -0.05) is 60.2 Å². The van der Waals surface area contributed by atoms with E-state index in [2.05, 4.69) is 0 Å². The number of halogens is 3. The predicted molar refractivity (Wildman–Crippen MR) is 103 cm³/mol. The first kappa shape index (κ1) is 21.2. The Bertz CT molecular complexity index is 938. The zero-order chi connectivity index (χ0) is 20.7. The van der Waals surface area contributed by atoms with Gasteiger partial charge in [0.15, 0.2) is 0 Å². The highest BCUT2D eigenvalue weighted by molar-refractivity contribution is 5.95. The van der Waals surface area contributed by atoms with Gasteiger partial charge in [-0.3, -0.25) is 0 Å². The highest BCUT2D eigenvalue weighted by Gasteiger charge is 2.30. The molecule has 0 fully saturated rings. The third-order valence-electron chi connectivity index (χ3n) is 3.94. The molecular weight excluding hydrogens is 367 g/mol. The summed E-state index contributed by atoms with van der Waals surface area (Å²) in [6.07, 6.45) is -4.28. The van der Waals surface area contributed by atoms with Gasteiger partial charge in [0.2, 0.25) is 0 Å². The number of carbonyl (C=O) groups is 1. The number of alkyl halides is 3. The fourth-order valence-corrected chi connectivity index (χ4v) is 2.68. The van der Waals surface area contributed by atoms with Crippen molar-refractivity contribution in [2.75, 3.05) is 0 Å². The summed E-state index contributed by atoms with van der Waals surface area (Å²) in [7, 11) is 0. The zero-order valence-electron chi connectivity index (χ0n) is 15.2. The van der Waals surface area contributed by atoms with E-state index in [1.165, 1.54) is 0 Å². The van der Waals surface area contributed by atoms with Crippen LogP contribution >= 0.6 is 0 Å². The number of nitrogens with two attached hydrogens (primary N) is 1. The molecule has 3 rings (SSSR count). The van der Waals surface area contributed by atoms with Gasteiger partial charge in [-0.2, -0.15) is 13.2 Å². The molecule has 0 atom stereocenters. The van der Waals surface area contributed by atoms with Gasteiger partial charge >= 0.3 is 12.1 Å². The van der Waals surface area contributed by atoms with E-state index in [0.717, 1.165) is 23.3 Å². The fourth-order valence-electron chi connectivity index (χ4n) is 2.68. The maximum atomic E-state index is 12.2. The molecule has 0 bridgehead atoms. The van der Waals surface area contributed by atoms with Gasteiger partial charge in [-0.05, 0) is 41.8 Å². The summed E-state index contributed by atoms with van der Waals surface area (Å²) in [6, 6.07) is 20.4. The van der Waals surface area contributed by atoms with Crippen molar-refractivity contribution in [2.45, 2.75) is 19.6 Å². The summed E-state index contributed by atoms with van der Waals surface area (Å²) in [4.78, 5) is 11.0. The summed E-state index contributed by atoms with van der Waals surface area (Å²) in [5.41, 5.74) is 7.74. The molecule has 0 aliphatic rings. The van der Waals surface area contributed by atoms with Crippen LogP contribution < -0.4 is 5.73 Å². The molecule has 0 saturated heterocycles. The second-order valence-corrected chi connectivity index (χ2v) is 6.13. The number of rotatable bonds is 3. The lowest BCUT2D eigenvalue weighted by Crippen LogP contribution is -2.07. The van der Waals surface area contributed by atoms with E-state index in [0.29, 0.717) is 16.7 Å². The molecule has 0 radical (unpaired) electrons. The molecule has 0 heterocycles. The Morgan fingerprint density at radius 3 is 2.14 bits per heavy atom. The van der Waals surface area contributed by atoms with E-state index < -0.39 is 17.7 Å². The largest absolute Gasteiger partial charge is 0.478 e. The van der Waals surface area contributed by atoms with E-state index in [-0.39, 0.29) is 6.54 Å². The summed E-state index contributed by atoms with van der Waals surface area (Å²) in [5.74, 6) is -0.894. The van der Waals surface area contributed by atoms with Gasteiger partial charge in [0.25, 0.3) is 0 Å². The number of aromatic carboxylic acids is 1. The Labute approximate surface area is 161 Å². The van der Waals surface area contributed by atoms with Crippen LogP contribution in [0, 0.1) is 6.92 Å². The van der Waals surface area contributed by atoms with Crippen LogP contribution in [0.3, 0.4) is 0 Å². The van der Waals surface area contributed by atoms with Crippen LogP contribution in [0.2, 0.25) is 0 Å². The maximum absolute atomic E-state index is 12.2. The number of aryl methyl sites for hydroxylation is 1. The Balaban J connectivity index is 0.000000203. The minimum Gasteiger partial charge on any atom is -0.478 e. The molecule has 0 aliphatic heterocycles. The minimum absolute atomic E-state index is 0.130. The third kappa shape index (κ3) is 5.69. The lowest BCUT2D eigenvalue weighted by Gasteiger charge is -2.09. The predicted octanol–water partition coefficient (Wildman–Crippen LogP) is 5.52. The summed E-state index contributed by atoms with van der Waals surface area (Å²) >= 11 is 0. The maximum Gasteiger partial charge on any atom is 0.416 e. The van der Waals surface area contributed by atoms with Crippen molar-refractivity contribution < 1.29 is 23.1 Å². The van der Waals surface area contributed by atoms with Crippen LogP contribution in [0.5, 0.6) is 0 Å². The first-order valence-corrected chi connectivity index (χ1v) is 8.48. The van der Waals surface area contributed by atoms with Crippen LogP contribution in [-0.2, 0) is 12.7 Å². The molecule has 0 unspecified atom stereocenters. The van der Waals surface area contributed by atoms with Gasteiger partial charge in [-0.25, -0.2) is 4.79 Å². The van der Waals surface area contributed by atoms with E-state index in [1.807, 2.05) is 42.5 Å². The van der Waals surface area contributed by atoms with Crippen molar-refractivity contribution in [3.05, 3.63) is 95.1 Å². The van der Waals surface area contributed by atoms with Gasteiger partial charge in [0.05, 0.1) is 11.1 Å². The van der Waals surface area contributed by atoms with Crippen molar-refractivity contribution in [1.82, 2.24) is 0 Å². The van der Waals surface area contributed by atoms with Crippen molar-refractivity contribution in [1.29, 1.82) is 0 Å². The summed E-state index contributed by atoms with van der Waals surface area (Å²) in [5, 5.41) is 9.03. The quantitative estimate of drug-likeness (QED) is 0.622. The average Bonchev–Trinajstić information content (AvgIpc) is 2.68. The van der Waals surface area contributed by atoms with Gasteiger partial charge in [-0.15, -0.1) is 0 Å². The summed E-state index contributed by atoms with van der Waals surface area (Å²) in [6.45, 7) is 1.75. The molecule has 3 N–H and O–H groups in total. The number of hydrogen-bond donors (Lipinski definition) is 2. The Hall–Kier alpha value is -3.12. The molecule has 0 amide bonds. The lowest BCUT2D eigenvalue weighted by atomic mass is 10.00. The van der Waals surface area contributed by atoms with Crippen molar-refractivity contribution in [2.24, 2.45) is 5.73 Å². The SMILES string of the molecule is Cc1cc(CN)cc(C(F)(F)F)c1.O=C(O)c1ccccc1-c1ccccc1. The Kier molecular flexibility index (Phi) is 6.95. The van der Waals surface area contributed by atoms with E-state index in [4.69, 9.17) is 10.8 Å². The molecule has 3 aromatic rings. The van der Waals surface area contributed by atoms with Gasteiger partial charge < -0.3 is 10.8 Å². The van der Waals surface area contributed by atoms with E-state index in [9.17, 15) is 18.0 Å². The van der Waals surface area contributed by atoms with Gasteiger partial charge in [0, 0.05) is 6.54 Å². The smallest absolute Gasteiger partial charge is 0.416 e. The van der Waals surface area contributed by atoms with Crippen LogP contribution in [-0.4, -0.2) is 11.1 Å². The topological polar surface area (TPSA) is 63.3 Å². The Morgan fingerprint density at radius 2 is 1.57 bits per heavy atom. The van der Waals surface area contributed by atoms with E-state index in [1.54, 1.807) is 25.1 Å². The highest BCUT2D eigenvalue weighted by Crippen LogP contribution is 2.30. The summed E-state index contributed by atoms with van der Waals surface area (Å²) < 4.78 is 36.7. The molecular formula is C22H20F3NO2. The minimum atomic E-state index is -4.28. The normalized spacial score (nSPS) is 10.8. The number of benzene rings is 3. The zero-order valence-corrected chi connectivity index (χ0v) is 15.2. The van der Waals surface area contributed by atoms with Crippen molar-refractivity contribution in [3.63, 3.8) is 0 Å². The molecule has 0 aliphatic carbocycles. The molecule has 0 spiro atoms. The second kappa shape index (κ2) is 9.19. The number of carboxylic acids is 1. The lowest BCUT2D eigenvalue weighted by molar-refractivity contribution is -0.137. The standard InChI is InChI=1S/C13H10O2.C9H10F3N/c14-13(15)12-9-5-4-8-11(12)10-6-2-1-3-7-10;1-6-2-7(5-13)4-8(3-6)9(10,11)12/h1-9H,(H,14,15);2-4H,5,13H2,1H3. The van der Waals surface area contributed by atoms with Gasteiger partial charge in [0.1, 0.15) is 0 Å². The van der Waals surface area contributed by atoms with Crippen molar-refractivity contribution >= 4 is 5.97 Å². The molecule has 0 saturated carbocycles. The highest BCUT2D eigenvalue weighted by atomic mass is 19.4. The molecule has 0 aromatic heterocycles. The molecule has 3 aromatic carbocycles. The molecule has 146 valence electrons. The molecule has 6 heteroatoms. The van der Waals surface area contributed by atoms with Crippen LogP contribution in [0.4, 0.5) is 13.2 Å². The van der Waals surface area contributed by atoms with Crippen molar-refractivity contribution in [3.8, 4) is 11.1 Å². The third-order valence-corrected chi connectivity index (χ3v) is 3.94. The van der Waals surface area contributed by atoms with Crippen LogP contribution in [0.1, 0.15) is 27.0 Å². The monoisotopic (exact) mass is 387 g/mol. The average molecular weight is 387 g/mol. The first-order chi connectivity index (χ1) is 13.2. The van der Waals surface area contributed by atoms with Crippen LogP contribution in [0.15, 0.2) is 72.8 Å². The Morgan fingerprint density at radius 1 is 0.964 bits per heavy atom.